The van der Waals surface area contributed by atoms with Crippen LogP contribution in [0.1, 0.15) is 24.4 Å². The first kappa shape index (κ1) is 12.6. The largest absolute Gasteiger partial charge is 0.486 e. The van der Waals surface area contributed by atoms with Crippen LogP contribution in [0.25, 0.3) is 0 Å². The molecule has 2 aliphatic rings. The Kier molecular flexibility index (Phi) is 3.24. The Morgan fingerprint density at radius 2 is 2.11 bits per heavy atom. The number of piperidine rings is 1. The molecule has 1 amide bonds. The number of ether oxygens (including phenoxy) is 2. The van der Waals surface area contributed by atoms with Gasteiger partial charge in [0.1, 0.15) is 13.2 Å². The number of nitrogens with one attached hydrogen (secondary N) is 1. The van der Waals surface area contributed by atoms with E-state index in [2.05, 4.69) is 5.32 Å². The molecule has 0 spiro atoms. The molecule has 2 heterocycles. The number of rotatable bonds is 1. The molecule has 1 saturated heterocycles. The second-order valence-corrected chi connectivity index (χ2v) is 5.18. The van der Waals surface area contributed by atoms with Crippen molar-refractivity contribution in [1.29, 1.82) is 0 Å². The monoisotopic (exact) mass is 282 g/mol. The molecular formula is C13H15ClN2O3. The molecule has 2 unspecified atom stereocenters. The van der Waals surface area contributed by atoms with Crippen LogP contribution in [0.15, 0.2) is 12.1 Å². The maximum Gasteiger partial charge on any atom is 0.220 e. The number of carbonyl (C=O) groups excluding carboxylic acids is 1. The van der Waals surface area contributed by atoms with Crippen molar-refractivity contribution < 1.29 is 14.3 Å². The molecule has 19 heavy (non-hydrogen) atoms. The zero-order chi connectivity index (χ0) is 13.4. The van der Waals surface area contributed by atoms with Crippen molar-refractivity contribution in [2.24, 2.45) is 5.73 Å². The van der Waals surface area contributed by atoms with Gasteiger partial charge in [-0.1, -0.05) is 11.6 Å². The molecule has 6 heteroatoms. The third-order valence-electron chi connectivity index (χ3n) is 3.43. The third kappa shape index (κ3) is 2.35. The Hall–Kier alpha value is -1.46. The lowest BCUT2D eigenvalue weighted by Gasteiger charge is -2.31. The summed E-state index contributed by atoms with van der Waals surface area (Å²) in [6.07, 6.45) is 1.14. The fourth-order valence-corrected chi connectivity index (χ4v) is 2.73. The maximum absolute atomic E-state index is 11.5. The van der Waals surface area contributed by atoms with Gasteiger partial charge in [-0.15, -0.1) is 0 Å². The lowest BCUT2D eigenvalue weighted by Crippen LogP contribution is -2.45. The number of nitrogens with two attached hydrogens (primary N) is 1. The molecule has 0 aromatic heterocycles. The highest BCUT2D eigenvalue weighted by molar-refractivity contribution is 6.32. The van der Waals surface area contributed by atoms with Crippen LogP contribution in [-0.2, 0) is 4.79 Å². The maximum atomic E-state index is 11.5. The van der Waals surface area contributed by atoms with Crippen molar-refractivity contribution in [3.05, 3.63) is 22.7 Å². The topological polar surface area (TPSA) is 73.6 Å². The van der Waals surface area contributed by atoms with Crippen LogP contribution < -0.4 is 20.5 Å². The predicted octanol–water partition coefficient (Wildman–Crippen LogP) is 1.39. The Morgan fingerprint density at radius 3 is 2.95 bits per heavy atom. The summed E-state index contributed by atoms with van der Waals surface area (Å²) < 4.78 is 11.0. The summed E-state index contributed by atoms with van der Waals surface area (Å²) in [5.41, 5.74) is 6.93. The summed E-state index contributed by atoms with van der Waals surface area (Å²) in [7, 11) is 0. The van der Waals surface area contributed by atoms with E-state index in [4.69, 9.17) is 26.8 Å². The number of hydrogen-bond donors (Lipinski definition) is 2. The van der Waals surface area contributed by atoms with Gasteiger partial charge < -0.3 is 20.5 Å². The van der Waals surface area contributed by atoms with E-state index >= 15 is 0 Å². The Balaban J connectivity index is 1.96. The molecule has 0 bridgehead atoms. The molecule has 3 rings (SSSR count). The average Bonchev–Trinajstić information content (AvgIpc) is 2.41. The van der Waals surface area contributed by atoms with E-state index in [0.29, 0.717) is 42.6 Å². The molecule has 1 aromatic rings. The average molecular weight is 283 g/mol. The van der Waals surface area contributed by atoms with Crippen molar-refractivity contribution >= 4 is 17.5 Å². The summed E-state index contributed by atoms with van der Waals surface area (Å²) in [5.74, 6) is 1.19. The lowest BCUT2D eigenvalue weighted by molar-refractivity contribution is -0.123. The second-order valence-electron chi connectivity index (χ2n) is 4.77. The van der Waals surface area contributed by atoms with Gasteiger partial charge in [-0.3, -0.25) is 4.79 Å². The van der Waals surface area contributed by atoms with Crippen molar-refractivity contribution in [1.82, 2.24) is 5.32 Å². The predicted molar refractivity (Wildman–Crippen MR) is 70.5 cm³/mol. The van der Waals surface area contributed by atoms with Gasteiger partial charge in [-0.25, -0.2) is 0 Å². The fourth-order valence-electron chi connectivity index (χ4n) is 2.46. The van der Waals surface area contributed by atoms with Crippen LogP contribution in [0.4, 0.5) is 0 Å². The van der Waals surface area contributed by atoms with Gasteiger partial charge in [0.2, 0.25) is 5.91 Å². The Bertz CT molecular complexity index is 521. The highest BCUT2D eigenvalue weighted by Gasteiger charge is 2.29. The molecule has 1 fully saturated rings. The Labute approximate surface area is 116 Å². The SMILES string of the molecule is NC1CCC(=O)NC1c1cc(Cl)c2c(c1)OCCO2. The van der Waals surface area contributed by atoms with Gasteiger partial charge in [0, 0.05) is 12.5 Å². The molecule has 5 nitrogen and oxygen atoms in total. The van der Waals surface area contributed by atoms with Crippen LogP contribution in [0.2, 0.25) is 5.02 Å². The summed E-state index contributed by atoms with van der Waals surface area (Å²) in [6, 6.07) is 3.28. The van der Waals surface area contributed by atoms with Crippen molar-refractivity contribution in [2.75, 3.05) is 13.2 Å². The van der Waals surface area contributed by atoms with Gasteiger partial charge in [0.25, 0.3) is 0 Å². The number of hydrogen-bond acceptors (Lipinski definition) is 4. The standard InChI is InChI=1S/C13H15ClN2O3/c14-8-5-7(6-10-13(8)19-4-3-18-10)12-9(15)1-2-11(17)16-12/h5-6,9,12H,1-4,15H2,(H,16,17). The third-order valence-corrected chi connectivity index (χ3v) is 3.71. The summed E-state index contributed by atoms with van der Waals surface area (Å²) in [4.78, 5) is 11.5. The molecular weight excluding hydrogens is 268 g/mol. The van der Waals surface area contributed by atoms with Gasteiger partial charge in [-0.05, 0) is 24.1 Å². The lowest BCUT2D eigenvalue weighted by atomic mass is 9.92. The summed E-state index contributed by atoms with van der Waals surface area (Å²) >= 11 is 6.19. The van der Waals surface area contributed by atoms with Crippen LogP contribution in [0.5, 0.6) is 11.5 Å². The molecule has 1 aromatic carbocycles. The summed E-state index contributed by atoms with van der Waals surface area (Å²) in [6.45, 7) is 0.988. The minimum absolute atomic E-state index is 0.0118. The van der Waals surface area contributed by atoms with E-state index in [9.17, 15) is 4.79 Å². The van der Waals surface area contributed by atoms with Gasteiger partial charge >= 0.3 is 0 Å². The van der Waals surface area contributed by atoms with E-state index in [1.165, 1.54) is 0 Å². The highest BCUT2D eigenvalue weighted by Crippen LogP contribution is 2.40. The number of fused-ring (bicyclic) bond motifs is 1. The summed E-state index contributed by atoms with van der Waals surface area (Å²) in [5, 5.41) is 3.38. The first-order valence-corrected chi connectivity index (χ1v) is 6.67. The van der Waals surface area contributed by atoms with Crippen LogP contribution in [0.3, 0.4) is 0 Å². The van der Waals surface area contributed by atoms with E-state index < -0.39 is 0 Å². The van der Waals surface area contributed by atoms with Gasteiger partial charge in [-0.2, -0.15) is 0 Å². The van der Waals surface area contributed by atoms with E-state index in [1.54, 1.807) is 6.07 Å². The minimum Gasteiger partial charge on any atom is -0.486 e. The van der Waals surface area contributed by atoms with Gasteiger partial charge in [0.15, 0.2) is 11.5 Å². The first-order valence-electron chi connectivity index (χ1n) is 6.29. The van der Waals surface area contributed by atoms with Gasteiger partial charge in [0.05, 0.1) is 11.1 Å². The number of halogens is 1. The first-order chi connectivity index (χ1) is 9.15. The van der Waals surface area contributed by atoms with Crippen LogP contribution in [-0.4, -0.2) is 25.2 Å². The quantitative estimate of drug-likeness (QED) is 0.816. The molecule has 3 N–H and O–H groups in total. The molecule has 0 aliphatic carbocycles. The molecule has 0 radical (unpaired) electrons. The van der Waals surface area contributed by atoms with Crippen LogP contribution >= 0.6 is 11.6 Å². The van der Waals surface area contributed by atoms with E-state index in [-0.39, 0.29) is 18.0 Å². The molecule has 2 aliphatic heterocycles. The van der Waals surface area contributed by atoms with Crippen molar-refractivity contribution in [3.8, 4) is 11.5 Å². The minimum atomic E-state index is -0.227. The van der Waals surface area contributed by atoms with Crippen LogP contribution in [0, 0.1) is 0 Å². The zero-order valence-corrected chi connectivity index (χ0v) is 11.1. The second kappa shape index (κ2) is 4.90. The smallest absolute Gasteiger partial charge is 0.220 e. The van der Waals surface area contributed by atoms with Crippen molar-refractivity contribution in [2.45, 2.75) is 24.9 Å². The number of carbonyl (C=O) groups is 1. The molecule has 2 atom stereocenters. The fraction of sp³-hybridized carbons (Fsp3) is 0.462. The van der Waals surface area contributed by atoms with E-state index in [1.807, 2.05) is 6.07 Å². The number of benzene rings is 1. The molecule has 0 saturated carbocycles. The highest BCUT2D eigenvalue weighted by atomic mass is 35.5. The molecule has 102 valence electrons. The zero-order valence-electron chi connectivity index (χ0n) is 10.3. The number of amides is 1. The Morgan fingerprint density at radius 1 is 1.32 bits per heavy atom. The van der Waals surface area contributed by atoms with Crippen molar-refractivity contribution in [3.63, 3.8) is 0 Å². The normalized spacial score (nSPS) is 25.9. The van der Waals surface area contributed by atoms with E-state index in [0.717, 1.165) is 5.56 Å².